The highest BCUT2D eigenvalue weighted by Gasteiger charge is 2.27. The summed E-state index contributed by atoms with van der Waals surface area (Å²) >= 11 is 0. The van der Waals surface area contributed by atoms with Gasteiger partial charge >= 0.3 is 6.01 Å². The third kappa shape index (κ3) is 5.02. The van der Waals surface area contributed by atoms with E-state index in [1.807, 2.05) is 19.9 Å². The quantitative estimate of drug-likeness (QED) is 0.577. The van der Waals surface area contributed by atoms with Crippen LogP contribution in [0.15, 0.2) is 35.2 Å². The second-order valence-corrected chi connectivity index (χ2v) is 8.61. The molecular weight excluding hydrogens is 384 g/mol. The van der Waals surface area contributed by atoms with Crippen LogP contribution < -0.4 is 9.46 Å². The molecule has 9 nitrogen and oxygen atoms in total. The van der Waals surface area contributed by atoms with Crippen molar-refractivity contribution in [2.75, 3.05) is 0 Å². The second-order valence-electron chi connectivity index (χ2n) is 6.90. The Hall–Kier alpha value is -2.59. The normalized spacial score (nSPS) is 19.9. The topological polar surface area (TPSA) is 124 Å². The lowest BCUT2D eigenvalue weighted by atomic mass is 9.94. The summed E-state index contributed by atoms with van der Waals surface area (Å²) in [6.45, 7) is 3.75. The molecule has 1 aromatic heterocycles. The molecule has 1 aliphatic rings. The first-order valence-corrected chi connectivity index (χ1v) is 10.5. The summed E-state index contributed by atoms with van der Waals surface area (Å²) in [5, 5.41) is 10.9. The number of non-ortho nitro benzene ring substituents is 1. The Morgan fingerprint density at radius 1 is 1.11 bits per heavy atom. The summed E-state index contributed by atoms with van der Waals surface area (Å²) in [7, 11) is -3.82. The smallest absolute Gasteiger partial charge is 0.317 e. The number of sulfonamides is 1. The number of nitro groups is 1. The van der Waals surface area contributed by atoms with Gasteiger partial charge in [0.2, 0.25) is 10.0 Å². The van der Waals surface area contributed by atoms with Crippen molar-refractivity contribution in [2.45, 2.75) is 56.6 Å². The number of nitrogens with zero attached hydrogens (tertiary/aromatic N) is 3. The summed E-state index contributed by atoms with van der Waals surface area (Å²) in [5.74, 6) is 0. The van der Waals surface area contributed by atoms with E-state index in [9.17, 15) is 18.5 Å². The number of hydrogen-bond donors (Lipinski definition) is 1. The Kier molecular flexibility index (Phi) is 5.90. The molecular formula is C18H22N4O5S. The first kappa shape index (κ1) is 20.2. The average Bonchev–Trinajstić information content (AvgIpc) is 2.62. The molecule has 150 valence electrons. The molecule has 28 heavy (non-hydrogen) atoms. The number of rotatable bonds is 6. The highest BCUT2D eigenvalue weighted by Crippen LogP contribution is 2.25. The molecule has 1 saturated carbocycles. The Bertz CT molecular complexity index is 951. The van der Waals surface area contributed by atoms with Gasteiger partial charge in [0.05, 0.1) is 9.82 Å². The molecule has 0 atom stereocenters. The van der Waals surface area contributed by atoms with Gasteiger partial charge < -0.3 is 4.74 Å². The maximum Gasteiger partial charge on any atom is 0.317 e. The standard InChI is InChI=1S/C18H22N4O5S/c1-12-10-13(2)20-18(19-12)27-16-8-6-14(7-9-16)21-28(25,26)17-5-3-4-15(11-17)22(23)24/h3-5,10-11,14,16,21H,6-9H2,1-2H3. The van der Waals surface area contributed by atoms with Crippen LogP contribution >= 0.6 is 0 Å². The fourth-order valence-corrected chi connectivity index (χ4v) is 4.59. The predicted octanol–water partition coefficient (Wildman–Crippen LogP) is 2.67. The first-order valence-electron chi connectivity index (χ1n) is 8.98. The zero-order valence-electron chi connectivity index (χ0n) is 15.7. The zero-order valence-corrected chi connectivity index (χ0v) is 16.5. The van der Waals surface area contributed by atoms with E-state index in [4.69, 9.17) is 4.74 Å². The number of hydrogen-bond acceptors (Lipinski definition) is 7. The monoisotopic (exact) mass is 406 g/mol. The summed E-state index contributed by atoms with van der Waals surface area (Å²) in [4.78, 5) is 18.7. The van der Waals surface area contributed by atoms with E-state index in [2.05, 4.69) is 14.7 Å². The molecule has 0 spiro atoms. The summed E-state index contributed by atoms with van der Waals surface area (Å²) in [6, 6.07) is 7.00. The van der Waals surface area contributed by atoms with Gasteiger partial charge in [-0.3, -0.25) is 10.1 Å². The van der Waals surface area contributed by atoms with Gasteiger partial charge in [0.15, 0.2) is 0 Å². The number of aromatic nitrogens is 2. The molecule has 10 heteroatoms. The second kappa shape index (κ2) is 8.19. The Balaban J connectivity index is 1.59. The fraction of sp³-hybridized carbons (Fsp3) is 0.444. The van der Waals surface area contributed by atoms with Crippen LogP contribution in [0.2, 0.25) is 0 Å². The van der Waals surface area contributed by atoms with Crippen molar-refractivity contribution in [1.29, 1.82) is 0 Å². The predicted molar refractivity (Wildman–Crippen MR) is 102 cm³/mol. The maximum absolute atomic E-state index is 12.5. The third-order valence-electron chi connectivity index (χ3n) is 4.57. The summed E-state index contributed by atoms with van der Waals surface area (Å²) in [6.07, 6.45) is 2.46. The number of aryl methyl sites for hydroxylation is 2. The van der Waals surface area contributed by atoms with E-state index in [1.54, 1.807) is 0 Å². The highest BCUT2D eigenvalue weighted by atomic mass is 32.2. The van der Waals surface area contributed by atoms with E-state index in [0.717, 1.165) is 17.5 Å². The van der Waals surface area contributed by atoms with Crippen molar-refractivity contribution in [1.82, 2.24) is 14.7 Å². The molecule has 1 aromatic carbocycles. The van der Waals surface area contributed by atoms with Crippen molar-refractivity contribution in [3.05, 3.63) is 51.8 Å². The van der Waals surface area contributed by atoms with E-state index < -0.39 is 14.9 Å². The van der Waals surface area contributed by atoms with Crippen molar-refractivity contribution in [3.63, 3.8) is 0 Å². The Labute approximate surface area is 163 Å². The minimum Gasteiger partial charge on any atom is -0.460 e. The maximum atomic E-state index is 12.5. The van der Waals surface area contributed by atoms with Gasteiger partial charge in [-0.2, -0.15) is 0 Å². The van der Waals surface area contributed by atoms with Gasteiger partial charge in [-0.05, 0) is 51.7 Å². The molecule has 0 unspecified atom stereocenters. The average molecular weight is 406 g/mol. The third-order valence-corrected chi connectivity index (χ3v) is 6.09. The Morgan fingerprint density at radius 3 is 2.36 bits per heavy atom. The van der Waals surface area contributed by atoms with Crippen molar-refractivity contribution in [2.24, 2.45) is 0 Å². The van der Waals surface area contributed by atoms with Gasteiger partial charge in [0.25, 0.3) is 5.69 Å². The van der Waals surface area contributed by atoms with E-state index in [-0.39, 0.29) is 22.7 Å². The summed E-state index contributed by atoms with van der Waals surface area (Å²) < 4.78 is 33.6. The van der Waals surface area contributed by atoms with Gasteiger partial charge in [-0.1, -0.05) is 6.07 Å². The van der Waals surface area contributed by atoms with E-state index in [0.29, 0.717) is 31.7 Å². The van der Waals surface area contributed by atoms with Gasteiger partial charge in [-0.25, -0.2) is 23.1 Å². The van der Waals surface area contributed by atoms with Crippen LogP contribution in [0.3, 0.4) is 0 Å². The van der Waals surface area contributed by atoms with Gasteiger partial charge in [0, 0.05) is 29.6 Å². The minimum absolute atomic E-state index is 0.0697. The van der Waals surface area contributed by atoms with Crippen LogP contribution in [0.4, 0.5) is 5.69 Å². The first-order chi connectivity index (χ1) is 13.2. The fourth-order valence-electron chi connectivity index (χ4n) is 3.25. The minimum atomic E-state index is -3.82. The number of nitro benzene ring substituents is 1. The molecule has 1 heterocycles. The lowest BCUT2D eigenvalue weighted by Crippen LogP contribution is -2.39. The molecule has 0 aliphatic heterocycles. The molecule has 2 aromatic rings. The van der Waals surface area contributed by atoms with Crippen LogP contribution in [-0.4, -0.2) is 35.5 Å². The SMILES string of the molecule is Cc1cc(C)nc(OC2CCC(NS(=O)(=O)c3cccc([N+](=O)[O-])c3)CC2)n1. The molecule has 3 rings (SSSR count). The molecule has 1 aliphatic carbocycles. The highest BCUT2D eigenvalue weighted by molar-refractivity contribution is 7.89. The van der Waals surface area contributed by atoms with Gasteiger partial charge in [-0.15, -0.1) is 0 Å². The van der Waals surface area contributed by atoms with Gasteiger partial charge in [0.1, 0.15) is 6.10 Å². The van der Waals surface area contributed by atoms with Crippen LogP contribution in [0.1, 0.15) is 37.1 Å². The molecule has 1 N–H and O–H groups in total. The summed E-state index contributed by atoms with van der Waals surface area (Å²) in [5.41, 5.74) is 1.41. The van der Waals surface area contributed by atoms with Crippen molar-refractivity contribution in [3.8, 4) is 6.01 Å². The van der Waals surface area contributed by atoms with Crippen LogP contribution in [0.5, 0.6) is 6.01 Å². The lowest BCUT2D eigenvalue weighted by Gasteiger charge is -2.28. The molecule has 0 bridgehead atoms. The van der Waals surface area contributed by atoms with Crippen LogP contribution in [-0.2, 0) is 10.0 Å². The molecule has 0 saturated heterocycles. The number of nitrogens with one attached hydrogen (secondary N) is 1. The molecule has 0 amide bonds. The largest absolute Gasteiger partial charge is 0.460 e. The molecule has 1 fully saturated rings. The number of benzene rings is 1. The Morgan fingerprint density at radius 2 is 1.75 bits per heavy atom. The lowest BCUT2D eigenvalue weighted by molar-refractivity contribution is -0.385. The zero-order chi connectivity index (χ0) is 20.3. The van der Waals surface area contributed by atoms with E-state index in [1.165, 1.54) is 18.2 Å². The number of ether oxygens (including phenoxy) is 1. The van der Waals surface area contributed by atoms with Crippen molar-refractivity contribution < 1.29 is 18.1 Å². The van der Waals surface area contributed by atoms with Crippen molar-refractivity contribution >= 4 is 15.7 Å². The molecule has 0 radical (unpaired) electrons. The van der Waals surface area contributed by atoms with Crippen LogP contribution in [0, 0.1) is 24.0 Å². The van der Waals surface area contributed by atoms with Crippen LogP contribution in [0.25, 0.3) is 0 Å². The van der Waals surface area contributed by atoms with E-state index >= 15 is 0 Å².